The van der Waals surface area contributed by atoms with Crippen molar-refractivity contribution in [2.75, 3.05) is 26.3 Å². The van der Waals surface area contributed by atoms with Gasteiger partial charge in [0, 0.05) is 24.2 Å². The van der Waals surface area contributed by atoms with Gasteiger partial charge in [0.1, 0.15) is 17.1 Å². The molecule has 1 fully saturated rings. The Balaban J connectivity index is 1.67. The van der Waals surface area contributed by atoms with Crippen molar-refractivity contribution in [3.8, 4) is 11.5 Å². The van der Waals surface area contributed by atoms with E-state index in [1.54, 1.807) is 48.5 Å². The molecule has 1 aliphatic rings. The summed E-state index contributed by atoms with van der Waals surface area (Å²) in [5, 5.41) is 9.84. The Bertz CT molecular complexity index is 889. The Morgan fingerprint density at radius 2 is 1.27 bits per heavy atom. The first kappa shape index (κ1) is 22.2. The van der Waals surface area contributed by atoms with Crippen LogP contribution in [0.1, 0.15) is 48.4 Å². The first-order valence-electron chi connectivity index (χ1n) is 10.1. The van der Waals surface area contributed by atoms with Gasteiger partial charge in [-0.25, -0.2) is 0 Å². The van der Waals surface area contributed by atoms with Gasteiger partial charge in [0.2, 0.25) is 0 Å². The second-order valence-electron chi connectivity index (χ2n) is 8.53. The van der Waals surface area contributed by atoms with Crippen LogP contribution in [0.25, 0.3) is 0 Å². The Labute approximate surface area is 177 Å². The van der Waals surface area contributed by atoms with Gasteiger partial charge in [-0.3, -0.25) is 14.5 Å². The lowest BCUT2D eigenvalue weighted by atomic mass is 9.91. The van der Waals surface area contributed by atoms with Crippen molar-refractivity contribution in [1.82, 2.24) is 4.90 Å². The molecule has 3 rings (SSSR count). The van der Waals surface area contributed by atoms with Crippen LogP contribution in [-0.4, -0.2) is 59.0 Å². The minimum absolute atomic E-state index is 0.0606. The fraction of sp³-hybridized carbons (Fsp3) is 0.417. The number of benzene rings is 2. The summed E-state index contributed by atoms with van der Waals surface area (Å²) in [6.45, 7) is 9.58. The van der Waals surface area contributed by atoms with Crippen LogP contribution in [0.2, 0.25) is 0 Å². The number of carbonyl (C=O) groups excluding carboxylic acids is 2. The van der Waals surface area contributed by atoms with E-state index in [4.69, 9.17) is 9.47 Å². The third-order valence-electron chi connectivity index (χ3n) is 5.38. The molecule has 1 N–H and O–H groups in total. The summed E-state index contributed by atoms with van der Waals surface area (Å²) in [6, 6.07) is 13.7. The molecule has 0 unspecified atom stereocenters. The molecule has 0 aliphatic carbocycles. The minimum atomic E-state index is -1.42. The zero-order chi connectivity index (χ0) is 21.9. The molecule has 2 aromatic rings. The molecular weight excluding hydrogens is 382 g/mol. The van der Waals surface area contributed by atoms with Crippen LogP contribution < -0.4 is 4.74 Å². The average molecular weight is 411 g/mol. The third-order valence-corrected chi connectivity index (χ3v) is 5.38. The average Bonchev–Trinajstić information content (AvgIpc) is 2.74. The van der Waals surface area contributed by atoms with Gasteiger partial charge in [0.05, 0.1) is 18.8 Å². The monoisotopic (exact) mass is 411 g/mol. The molecule has 0 radical (unpaired) electrons. The van der Waals surface area contributed by atoms with Gasteiger partial charge in [-0.1, -0.05) is 0 Å². The molecule has 0 bridgehead atoms. The Kier molecular flexibility index (Phi) is 6.41. The Morgan fingerprint density at radius 3 is 1.70 bits per heavy atom. The SMILES string of the molecule is CC(C)(O)C(=O)c1ccc(Oc2ccc(C(=O)C(C)(C)N3CCOCC3)cc2)cc1. The molecule has 1 aliphatic heterocycles. The number of carbonyl (C=O) groups is 2. The number of morpholine rings is 1. The number of rotatable bonds is 7. The summed E-state index contributed by atoms with van der Waals surface area (Å²) < 4.78 is 11.2. The minimum Gasteiger partial charge on any atom is -0.457 e. The third kappa shape index (κ3) is 4.95. The summed E-state index contributed by atoms with van der Waals surface area (Å²) in [4.78, 5) is 27.3. The van der Waals surface area contributed by atoms with Crippen LogP contribution in [0.4, 0.5) is 0 Å². The molecule has 2 aromatic carbocycles. The lowest BCUT2D eigenvalue weighted by Crippen LogP contribution is -2.54. The van der Waals surface area contributed by atoms with Gasteiger partial charge in [-0.15, -0.1) is 0 Å². The summed E-state index contributed by atoms with van der Waals surface area (Å²) in [7, 11) is 0. The maximum absolute atomic E-state index is 13.0. The number of hydrogen-bond acceptors (Lipinski definition) is 6. The Morgan fingerprint density at radius 1 is 0.833 bits per heavy atom. The van der Waals surface area contributed by atoms with Crippen LogP contribution >= 0.6 is 0 Å². The molecule has 160 valence electrons. The fourth-order valence-electron chi connectivity index (χ4n) is 3.46. The van der Waals surface area contributed by atoms with Gasteiger partial charge >= 0.3 is 0 Å². The second kappa shape index (κ2) is 8.68. The van der Waals surface area contributed by atoms with Crippen molar-refractivity contribution in [3.05, 3.63) is 59.7 Å². The molecule has 0 saturated carbocycles. The quantitative estimate of drug-likeness (QED) is 0.700. The van der Waals surface area contributed by atoms with E-state index in [1.165, 1.54) is 13.8 Å². The number of aliphatic hydroxyl groups is 1. The number of ketones is 2. The second-order valence-corrected chi connectivity index (χ2v) is 8.53. The topological polar surface area (TPSA) is 76.1 Å². The fourth-order valence-corrected chi connectivity index (χ4v) is 3.46. The molecule has 6 heteroatoms. The van der Waals surface area contributed by atoms with Crippen molar-refractivity contribution >= 4 is 11.6 Å². The van der Waals surface area contributed by atoms with Crippen LogP contribution in [-0.2, 0) is 4.74 Å². The van der Waals surface area contributed by atoms with Crippen molar-refractivity contribution in [2.24, 2.45) is 0 Å². The van der Waals surface area contributed by atoms with Gasteiger partial charge in [-0.05, 0) is 76.2 Å². The zero-order valence-corrected chi connectivity index (χ0v) is 18.0. The first-order chi connectivity index (χ1) is 14.1. The van der Waals surface area contributed by atoms with E-state index in [2.05, 4.69) is 4.90 Å². The largest absolute Gasteiger partial charge is 0.457 e. The van der Waals surface area contributed by atoms with E-state index in [0.29, 0.717) is 35.8 Å². The zero-order valence-electron chi connectivity index (χ0n) is 18.0. The number of ether oxygens (including phenoxy) is 2. The summed E-state index contributed by atoms with van der Waals surface area (Å²) in [6.07, 6.45) is 0. The van der Waals surface area contributed by atoms with Crippen LogP contribution in [0.3, 0.4) is 0 Å². The number of Topliss-reactive ketones (excluding diaryl/α,β-unsaturated/α-hetero) is 2. The predicted octanol–water partition coefficient (Wildman–Crippen LogP) is 3.73. The van der Waals surface area contributed by atoms with Gasteiger partial charge in [0.15, 0.2) is 11.6 Å². The summed E-state index contributed by atoms with van der Waals surface area (Å²) in [5.74, 6) is 0.873. The highest BCUT2D eigenvalue weighted by Gasteiger charge is 2.35. The van der Waals surface area contributed by atoms with E-state index < -0.39 is 11.1 Å². The highest BCUT2D eigenvalue weighted by molar-refractivity contribution is 6.03. The molecule has 30 heavy (non-hydrogen) atoms. The van der Waals surface area contributed by atoms with Crippen LogP contribution in [0.5, 0.6) is 11.5 Å². The Hall–Kier alpha value is -2.54. The van der Waals surface area contributed by atoms with E-state index in [1.807, 2.05) is 13.8 Å². The summed E-state index contributed by atoms with van der Waals surface area (Å²) in [5.41, 5.74) is -0.972. The van der Waals surface area contributed by atoms with Crippen molar-refractivity contribution in [2.45, 2.75) is 38.8 Å². The van der Waals surface area contributed by atoms with Crippen LogP contribution in [0, 0.1) is 0 Å². The number of nitrogens with zero attached hydrogens (tertiary/aromatic N) is 1. The normalized spacial score (nSPS) is 15.6. The first-order valence-corrected chi connectivity index (χ1v) is 10.1. The molecule has 0 amide bonds. The maximum Gasteiger partial charge on any atom is 0.193 e. The molecular formula is C24H29NO5. The van der Waals surface area contributed by atoms with E-state index in [-0.39, 0.29) is 11.6 Å². The molecule has 1 saturated heterocycles. The predicted molar refractivity (Wildman–Crippen MR) is 114 cm³/mol. The van der Waals surface area contributed by atoms with E-state index >= 15 is 0 Å². The smallest absolute Gasteiger partial charge is 0.193 e. The lowest BCUT2D eigenvalue weighted by Gasteiger charge is -2.39. The maximum atomic E-state index is 13.0. The standard InChI is InChI=1S/C24H29NO5/c1-23(2,25-13-15-29-16-14-25)21(26)17-5-9-19(10-6-17)30-20-11-7-18(8-12-20)22(27)24(3,4)28/h5-12,28H,13-16H2,1-4H3. The van der Waals surface area contributed by atoms with Gasteiger partial charge in [-0.2, -0.15) is 0 Å². The molecule has 6 nitrogen and oxygen atoms in total. The van der Waals surface area contributed by atoms with Gasteiger partial charge in [0.25, 0.3) is 0 Å². The lowest BCUT2D eigenvalue weighted by molar-refractivity contribution is -0.00430. The van der Waals surface area contributed by atoms with E-state index in [0.717, 1.165) is 13.1 Å². The molecule has 0 spiro atoms. The van der Waals surface area contributed by atoms with Crippen molar-refractivity contribution in [1.29, 1.82) is 0 Å². The highest BCUT2D eigenvalue weighted by Crippen LogP contribution is 2.26. The summed E-state index contributed by atoms with van der Waals surface area (Å²) >= 11 is 0. The highest BCUT2D eigenvalue weighted by atomic mass is 16.5. The molecule has 0 aromatic heterocycles. The molecule has 1 heterocycles. The molecule has 0 atom stereocenters. The van der Waals surface area contributed by atoms with Gasteiger partial charge < -0.3 is 14.6 Å². The van der Waals surface area contributed by atoms with E-state index in [9.17, 15) is 14.7 Å². The van der Waals surface area contributed by atoms with Crippen molar-refractivity contribution < 1.29 is 24.2 Å². The number of hydrogen-bond donors (Lipinski definition) is 1. The van der Waals surface area contributed by atoms with Crippen molar-refractivity contribution in [3.63, 3.8) is 0 Å². The van der Waals surface area contributed by atoms with Crippen LogP contribution in [0.15, 0.2) is 48.5 Å².